The van der Waals surface area contributed by atoms with Gasteiger partial charge in [-0.15, -0.1) is 0 Å². The molecule has 0 saturated heterocycles. The lowest BCUT2D eigenvalue weighted by Gasteiger charge is -2.08. The van der Waals surface area contributed by atoms with Crippen molar-refractivity contribution >= 4 is 34.1 Å². The molecule has 0 bridgehead atoms. The highest BCUT2D eigenvalue weighted by Gasteiger charge is 2.05. The molecular weight excluding hydrogens is 374 g/mol. The summed E-state index contributed by atoms with van der Waals surface area (Å²) in [6.45, 7) is 0.456. The van der Waals surface area contributed by atoms with Crippen LogP contribution in [0.3, 0.4) is 0 Å². The van der Waals surface area contributed by atoms with E-state index in [2.05, 4.69) is 29.6 Å². The summed E-state index contributed by atoms with van der Waals surface area (Å²) in [5, 5.41) is 5.01. The van der Waals surface area contributed by atoms with Gasteiger partial charge in [0.05, 0.1) is 17.9 Å². The summed E-state index contributed by atoms with van der Waals surface area (Å²) in [4.78, 5) is 25.0. The van der Waals surface area contributed by atoms with Gasteiger partial charge in [-0.3, -0.25) is 9.59 Å². The predicted octanol–water partition coefficient (Wildman–Crippen LogP) is 4.28. The van der Waals surface area contributed by atoms with Crippen LogP contribution < -0.4 is 16.6 Å². The highest BCUT2D eigenvalue weighted by Crippen LogP contribution is 2.17. The van der Waals surface area contributed by atoms with E-state index in [1.807, 2.05) is 18.2 Å². The van der Waals surface area contributed by atoms with Gasteiger partial charge in [-0.05, 0) is 52.7 Å². The molecular formula is C25H21N3O2. The molecule has 148 valence electrons. The van der Waals surface area contributed by atoms with Gasteiger partial charge in [0.15, 0.2) is 0 Å². The molecule has 1 heterocycles. The van der Waals surface area contributed by atoms with Gasteiger partial charge in [-0.1, -0.05) is 48.5 Å². The van der Waals surface area contributed by atoms with E-state index in [4.69, 9.17) is 5.73 Å². The van der Waals surface area contributed by atoms with Crippen molar-refractivity contribution in [2.45, 2.75) is 6.54 Å². The number of amides is 1. The molecule has 0 fully saturated rings. The van der Waals surface area contributed by atoms with Crippen LogP contribution in [0.15, 0.2) is 95.9 Å². The lowest BCUT2D eigenvalue weighted by atomic mass is 10.1. The van der Waals surface area contributed by atoms with Crippen LogP contribution in [0, 0.1) is 0 Å². The molecule has 5 heteroatoms. The largest absolute Gasteiger partial charge is 0.397 e. The van der Waals surface area contributed by atoms with Crippen molar-refractivity contribution in [1.29, 1.82) is 0 Å². The third-order valence-corrected chi connectivity index (χ3v) is 4.85. The summed E-state index contributed by atoms with van der Waals surface area (Å²) in [6, 6.07) is 24.8. The summed E-state index contributed by atoms with van der Waals surface area (Å²) in [7, 11) is 0. The first-order valence-corrected chi connectivity index (χ1v) is 9.61. The number of rotatable bonds is 5. The van der Waals surface area contributed by atoms with E-state index >= 15 is 0 Å². The molecule has 1 amide bonds. The molecule has 3 aromatic carbocycles. The van der Waals surface area contributed by atoms with Crippen LogP contribution >= 0.6 is 0 Å². The quantitative estimate of drug-likeness (QED) is 0.391. The van der Waals surface area contributed by atoms with Crippen molar-refractivity contribution in [2.75, 3.05) is 11.1 Å². The van der Waals surface area contributed by atoms with E-state index in [0.717, 1.165) is 16.3 Å². The molecule has 0 radical (unpaired) electrons. The van der Waals surface area contributed by atoms with Crippen molar-refractivity contribution in [3.8, 4) is 0 Å². The van der Waals surface area contributed by atoms with E-state index in [0.29, 0.717) is 23.5 Å². The molecule has 0 spiro atoms. The molecule has 0 aliphatic rings. The van der Waals surface area contributed by atoms with Gasteiger partial charge >= 0.3 is 0 Å². The summed E-state index contributed by atoms with van der Waals surface area (Å²) >= 11 is 0. The summed E-state index contributed by atoms with van der Waals surface area (Å²) in [5.74, 6) is -0.350. The number of nitrogens with one attached hydrogen (secondary N) is 1. The Labute approximate surface area is 174 Å². The van der Waals surface area contributed by atoms with Crippen molar-refractivity contribution in [1.82, 2.24) is 4.57 Å². The van der Waals surface area contributed by atoms with Crippen LogP contribution in [0.25, 0.3) is 16.8 Å². The Kier molecular flexibility index (Phi) is 5.44. The zero-order valence-electron chi connectivity index (χ0n) is 16.3. The molecule has 0 aliphatic heterocycles. The van der Waals surface area contributed by atoms with Gasteiger partial charge in [0.1, 0.15) is 0 Å². The topological polar surface area (TPSA) is 77.1 Å². The second-order valence-corrected chi connectivity index (χ2v) is 6.99. The minimum absolute atomic E-state index is 0.158. The molecule has 3 N–H and O–H groups in total. The Bertz CT molecular complexity index is 1310. The number of nitrogens with zero attached hydrogens (tertiary/aromatic N) is 1. The highest BCUT2D eigenvalue weighted by molar-refractivity contribution is 6.03. The standard InChI is InChI=1S/C25H21N3O2/c26-22-9-3-4-10-23(22)27-24(29)14-13-20-8-5-15-28(25(20)30)17-18-11-12-19-6-1-2-7-21(19)16-18/h1-16H,17,26H2,(H,27,29)/b14-13+. The van der Waals surface area contributed by atoms with Crippen LogP contribution in [0.2, 0.25) is 0 Å². The van der Waals surface area contributed by atoms with E-state index < -0.39 is 0 Å². The summed E-state index contributed by atoms with van der Waals surface area (Å²) in [5.41, 5.74) is 8.17. The number of hydrogen-bond acceptors (Lipinski definition) is 3. The van der Waals surface area contributed by atoms with Crippen LogP contribution in [-0.2, 0) is 11.3 Å². The van der Waals surface area contributed by atoms with Gasteiger partial charge in [0.2, 0.25) is 5.91 Å². The predicted molar refractivity (Wildman–Crippen MR) is 122 cm³/mol. The summed E-state index contributed by atoms with van der Waals surface area (Å²) < 4.78 is 1.64. The fourth-order valence-electron chi connectivity index (χ4n) is 3.29. The fourth-order valence-corrected chi connectivity index (χ4v) is 3.29. The maximum Gasteiger partial charge on any atom is 0.258 e. The second kappa shape index (κ2) is 8.49. The van der Waals surface area contributed by atoms with E-state index in [1.165, 1.54) is 12.2 Å². The number of nitrogens with two attached hydrogens (primary N) is 1. The van der Waals surface area contributed by atoms with Crippen LogP contribution in [0.1, 0.15) is 11.1 Å². The number of anilines is 2. The number of fused-ring (bicyclic) bond motifs is 1. The number of hydrogen-bond donors (Lipinski definition) is 2. The molecule has 0 saturated carbocycles. The molecule has 4 aromatic rings. The van der Waals surface area contributed by atoms with E-state index in [-0.39, 0.29) is 11.5 Å². The number of pyridine rings is 1. The Morgan fingerprint density at radius 3 is 2.53 bits per heavy atom. The number of carbonyl (C=O) groups is 1. The third-order valence-electron chi connectivity index (χ3n) is 4.85. The van der Waals surface area contributed by atoms with E-state index in [9.17, 15) is 9.59 Å². The minimum atomic E-state index is -0.350. The number of benzene rings is 3. The zero-order valence-corrected chi connectivity index (χ0v) is 16.3. The Balaban J connectivity index is 1.52. The first-order chi connectivity index (χ1) is 14.6. The van der Waals surface area contributed by atoms with Gasteiger partial charge in [-0.25, -0.2) is 0 Å². The maximum atomic E-state index is 12.8. The first kappa shape index (κ1) is 19.2. The van der Waals surface area contributed by atoms with Gasteiger partial charge < -0.3 is 15.6 Å². The lowest BCUT2D eigenvalue weighted by molar-refractivity contribution is -0.111. The number of aromatic nitrogens is 1. The monoisotopic (exact) mass is 395 g/mol. The molecule has 5 nitrogen and oxygen atoms in total. The van der Waals surface area contributed by atoms with Crippen molar-refractivity contribution in [3.63, 3.8) is 0 Å². The molecule has 0 aliphatic carbocycles. The fraction of sp³-hybridized carbons (Fsp3) is 0.0400. The Hall–Kier alpha value is -4.12. The van der Waals surface area contributed by atoms with Gasteiger partial charge in [-0.2, -0.15) is 0 Å². The number of para-hydroxylation sites is 2. The van der Waals surface area contributed by atoms with E-state index in [1.54, 1.807) is 47.2 Å². The molecule has 0 atom stereocenters. The molecule has 1 aromatic heterocycles. The lowest BCUT2D eigenvalue weighted by Crippen LogP contribution is -2.22. The Morgan fingerprint density at radius 2 is 1.70 bits per heavy atom. The third kappa shape index (κ3) is 4.31. The second-order valence-electron chi connectivity index (χ2n) is 6.99. The van der Waals surface area contributed by atoms with Crippen LogP contribution in [0.5, 0.6) is 0 Å². The van der Waals surface area contributed by atoms with Crippen molar-refractivity contribution in [3.05, 3.63) is 113 Å². The number of carbonyl (C=O) groups excluding carboxylic acids is 1. The van der Waals surface area contributed by atoms with Crippen molar-refractivity contribution in [2.24, 2.45) is 0 Å². The highest BCUT2D eigenvalue weighted by atomic mass is 16.1. The number of nitrogen functional groups attached to an aromatic ring is 1. The van der Waals surface area contributed by atoms with Crippen molar-refractivity contribution < 1.29 is 4.79 Å². The van der Waals surface area contributed by atoms with Crippen LogP contribution in [0.4, 0.5) is 11.4 Å². The minimum Gasteiger partial charge on any atom is -0.397 e. The molecule has 0 unspecified atom stereocenters. The molecule has 4 rings (SSSR count). The summed E-state index contributed by atoms with van der Waals surface area (Å²) in [6.07, 6.45) is 4.61. The smallest absolute Gasteiger partial charge is 0.258 e. The van der Waals surface area contributed by atoms with Gasteiger partial charge in [0.25, 0.3) is 5.56 Å². The van der Waals surface area contributed by atoms with Crippen LogP contribution in [-0.4, -0.2) is 10.5 Å². The normalized spacial score (nSPS) is 11.1. The first-order valence-electron chi connectivity index (χ1n) is 9.61. The molecule has 30 heavy (non-hydrogen) atoms. The SMILES string of the molecule is Nc1ccccc1NC(=O)/C=C/c1cccn(Cc2ccc3ccccc3c2)c1=O. The maximum absolute atomic E-state index is 12.8. The van der Waals surface area contributed by atoms with Gasteiger partial charge in [0, 0.05) is 17.8 Å². The Morgan fingerprint density at radius 1 is 0.933 bits per heavy atom. The zero-order chi connectivity index (χ0) is 20.9. The average molecular weight is 395 g/mol. The average Bonchev–Trinajstić information content (AvgIpc) is 2.76.